The molecule has 1 aromatic heterocycles. The van der Waals surface area contributed by atoms with Gasteiger partial charge in [-0.2, -0.15) is 11.3 Å². The van der Waals surface area contributed by atoms with Crippen molar-refractivity contribution in [3.05, 3.63) is 22.4 Å². The number of amides is 2. The van der Waals surface area contributed by atoms with Gasteiger partial charge in [-0.15, -0.1) is 12.4 Å². The molecule has 1 unspecified atom stereocenters. The first-order valence-corrected chi connectivity index (χ1v) is 9.91. The molecule has 1 N–H and O–H groups in total. The summed E-state index contributed by atoms with van der Waals surface area (Å²) in [5.74, 6) is 0.253. The van der Waals surface area contributed by atoms with Gasteiger partial charge >= 0.3 is 0 Å². The Kier molecular flexibility index (Phi) is 5.71. The maximum absolute atomic E-state index is 13.0. The van der Waals surface area contributed by atoms with E-state index in [9.17, 15) is 9.59 Å². The average Bonchev–Trinajstić information content (AvgIpc) is 2.96. The maximum atomic E-state index is 13.0. The zero-order valence-corrected chi connectivity index (χ0v) is 16.0. The zero-order valence-electron chi connectivity index (χ0n) is 14.4. The quantitative estimate of drug-likeness (QED) is 0.848. The van der Waals surface area contributed by atoms with Crippen LogP contribution < -0.4 is 5.32 Å². The summed E-state index contributed by atoms with van der Waals surface area (Å²) in [7, 11) is 0. The van der Waals surface area contributed by atoms with Crippen LogP contribution in [0.2, 0.25) is 0 Å². The normalized spacial score (nSPS) is 24.2. The summed E-state index contributed by atoms with van der Waals surface area (Å²) < 4.78 is 0. The van der Waals surface area contributed by atoms with E-state index in [-0.39, 0.29) is 30.8 Å². The van der Waals surface area contributed by atoms with Crippen molar-refractivity contribution in [2.75, 3.05) is 26.2 Å². The number of piperidine rings is 1. The minimum absolute atomic E-state index is 0. The molecule has 2 saturated heterocycles. The van der Waals surface area contributed by atoms with Crippen molar-refractivity contribution >= 4 is 35.6 Å². The number of carbonyl (C=O) groups is 2. The van der Waals surface area contributed by atoms with Crippen molar-refractivity contribution in [1.82, 2.24) is 15.1 Å². The number of hydrogen-bond acceptors (Lipinski definition) is 4. The monoisotopic (exact) mass is 383 g/mol. The van der Waals surface area contributed by atoms with Crippen molar-refractivity contribution in [3.63, 3.8) is 0 Å². The lowest BCUT2D eigenvalue weighted by molar-refractivity contribution is -0.139. The van der Waals surface area contributed by atoms with Crippen molar-refractivity contribution in [3.8, 4) is 0 Å². The molecule has 25 heavy (non-hydrogen) atoms. The number of hydrogen-bond donors (Lipinski definition) is 1. The van der Waals surface area contributed by atoms with Gasteiger partial charge in [0.15, 0.2) is 0 Å². The summed E-state index contributed by atoms with van der Waals surface area (Å²) in [6, 6.07) is 2.45. The minimum Gasteiger partial charge on any atom is -0.333 e. The highest BCUT2D eigenvalue weighted by atomic mass is 35.5. The number of halogens is 1. The topological polar surface area (TPSA) is 52.7 Å². The SMILES string of the molecule is Cl.O=C1CCCN1CC(=O)N(Cc1ccsc1)C1CC12CCNCC2. The third-order valence-electron chi connectivity index (χ3n) is 5.87. The molecule has 1 aromatic rings. The summed E-state index contributed by atoms with van der Waals surface area (Å²) in [6.07, 6.45) is 4.92. The van der Waals surface area contributed by atoms with Gasteiger partial charge in [-0.1, -0.05) is 0 Å². The van der Waals surface area contributed by atoms with Crippen LogP contribution in [0.4, 0.5) is 0 Å². The number of rotatable bonds is 5. The molecule has 2 amide bonds. The van der Waals surface area contributed by atoms with Crippen LogP contribution in [0, 0.1) is 5.41 Å². The lowest BCUT2D eigenvalue weighted by Crippen LogP contribution is -2.44. The molecular formula is C18H26ClN3O2S. The zero-order chi connectivity index (χ0) is 16.6. The van der Waals surface area contributed by atoms with Crippen LogP contribution in [0.1, 0.15) is 37.7 Å². The first-order valence-electron chi connectivity index (χ1n) is 8.97. The van der Waals surface area contributed by atoms with Crippen molar-refractivity contribution in [2.24, 2.45) is 5.41 Å². The summed E-state index contributed by atoms with van der Waals surface area (Å²) >= 11 is 1.67. The fraction of sp³-hybridized carbons (Fsp3) is 0.667. The molecule has 1 aliphatic carbocycles. The van der Waals surface area contributed by atoms with Gasteiger partial charge in [-0.25, -0.2) is 0 Å². The molecule has 0 bridgehead atoms. The maximum Gasteiger partial charge on any atom is 0.242 e. The van der Waals surface area contributed by atoms with E-state index in [1.54, 1.807) is 16.2 Å². The Morgan fingerprint density at radius 1 is 1.40 bits per heavy atom. The highest BCUT2D eigenvalue weighted by Crippen LogP contribution is 2.56. The summed E-state index contributed by atoms with van der Waals surface area (Å²) in [4.78, 5) is 28.7. The van der Waals surface area contributed by atoms with E-state index in [0.29, 0.717) is 24.4 Å². The van der Waals surface area contributed by atoms with Gasteiger partial charge in [-0.05, 0) is 66.6 Å². The van der Waals surface area contributed by atoms with Gasteiger partial charge < -0.3 is 15.1 Å². The Bertz CT molecular complexity index is 616. The molecule has 4 rings (SSSR count). The number of nitrogens with zero attached hydrogens (tertiary/aromatic N) is 2. The molecule has 0 radical (unpaired) electrons. The van der Waals surface area contributed by atoms with E-state index in [2.05, 4.69) is 27.0 Å². The lowest BCUT2D eigenvalue weighted by atomic mass is 9.93. The van der Waals surface area contributed by atoms with Crippen LogP contribution in [0.25, 0.3) is 0 Å². The molecule has 5 nitrogen and oxygen atoms in total. The van der Waals surface area contributed by atoms with E-state index >= 15 is 0 Å². The van der Waals surface area contributed by atoms with E-state index in [1.807, 2.05) is 0 Å². The van der Waals surface area contributed by atoms with Gasteiger partial charge in [0.25, 0.3) is 0 Å². The highest BCUT2D eigenvalue weighted by molar-refractivity contribution is 7.07. The number of likely N-dealkylation sites (tertiary alicyclic amines) is 1. The molecule has 138 valence electrons. The molecule has 7 heteroatoms. The second-order valence-electron chi connectivity index (χ2n) is 7.40. The fourth-order valence-electron chi connectivity index (χ4n) is 4.31. The molecular weight excluding hydrogens is 358 g/mol. The average molecular weight is 384 g/mol. The second kappa shape index (κ2) is 7.64. The predicted octanol–water partition coefficient (Wildman–Crippen LogP) is 2.26. The van der Waals surface area contributed by atoms with E-state index in [1.165, 1.54) is 5.56 Å². The van der Waals surface area contributed by atoms with Gasteiger partial charge in [0, 0.05) is 25.6 Å². The Labute approximate surface area is 159 Å². The molecule has 1 spiro atoms. The van der Waals surface area contributed by atoms with Crippen LogP contribution in [0.15, 0.2) is 16.8 Å². The van der Waals surface area contributed by atoms with E-state index < -0.39 is 0 Å². The number of thiophene rings is 1. The summed E-state index contributed by atoms with van der Waals surface area (Å²) in [6.45, 7) is 3.79. The first kappa shape index (κ1) is 18.7. The van der Waals surface area contributed by atoms with Gasteiger partial charge in [0.1, 0.15) is 0 Å². The van der Waals surface area contributed by atoms with E-state index in [0.717, 1.165) is 45.3 Å². The number of carbonyl (C=O) groups excluding carboxylic acids is 2. The Balaban J connectivity index is 0.00000182. The van der Waals surface area contributed by atoms with Crippen LogP contribution in [0.3, 0.4) is 0 Å². The molecule has 1 atom stereocenters. The van der Waals surface area contributed by atoms with Gasteiger partial charge in [-0.3, -0.25) is 9.59 Å². The Morgan fingerprint density at radius 3 is 2.84 bits per heavy atom. The smallest absolute Gasteiger partial charge is 0.242 e. The molecule has 3 heterocycles. The predicted molar refractivity (Wildman–Crippen MR) is 101 cm³/mol. The lowest BCUT2D eigenvalue weighted by Gasteiger charge is -2.30. The van der Waals surface area contributed by atoms with Crippen LogP contribution in [0.5, 0.6) is 0 Å². The van der Waals surface area contributed by atoms with Gasteiger partial charge in [0.05, 0.1) is 6.54 Å². The van der Waals surface area contributed by atoms with E-state index in [4.69, 9.17) is 0 Å². The number of nitrogens with one attached hydrogen (secondary N) is 1. The Morgan fingerprint density at radius 2 is 2.20 bits per heavy atom. The third kappa shape index (κ3) is 3.86. The van der Waals surface area contributed by atoms with Crippen molar-refractivity contribution in [2.45, 2.75) is 44.7 Å². The van der Waals surface area contributed by atoms with Crippen molar-refractivity contribution in [1.29, 1.82) is 0 Å². The highest BCUT2D eigenvalue weighted by Gasteiger charge is 2.57. The van der Waals surface area contributed by atoms with Crippen LogP contribution >= 0.6 is 23.7 Å². The fourth-order valence-corrected chi connectivity index (χ4v) is 4.97. The molecule has 3 aliphatic rings. The standard InChI is InChI=1S/C18H25N3O2S.ClH/c22-16-2-1-8-20(16)12-17(23)21(11-14-3-9-24-13-14)15-10-18(15)4-6-19-7-5-18;/h3,9,13,15,19H,1-2,4-8,10-12H2;1H. The Hall–Kier alpha value is -1.11. The molecule has 3 fully saturated rings. The van der Waals surface area contributed by atoms with Crippen LogP contribution in [-0.4, -0.2) is 53.8 Å². The first-order chi connectivity index (χ1) is 11.7. The molecule has 0 aromatic carbocycles. The summed E-state index contributed by atoms with van der Waals surface area (Å²) in [5, 5.41) is 7.61. The van der Waals surface area contributed by atoms with Gasteiger partial charge in [0.2, 0.25) is 11.8 Å². The largest absolute Gasteiger partial charge is 0.333 e. The second-order valence-corrected chi connectivity index (χ2v) is 8.18. The summed E-state index contributed by atoms with van der Waals surface area (Å²) in [5.41, 5.74) is 1.53. The van der Waals surface area contributed by atoms with Crippen molar-refractivity contribution < 1.29 is 9.59 Å². The molecule has 1 saturated carbocycles. The molecule has 2 aliphatic heterocycles. The third-order valence-corrected chi connectivity index (χ3v) is 6.61. The minimum atomic E-state index is 0. The van der Waals surface area contributed by atoms with Crippen LogP contribution in [-0.2, 0) is 16.1 Å².